The molecule has 68 valence electrons. The predicted molar refractivity (Wildman–Crippen MR) is 52.1 cm³/mol. The van der Waals surface area contributed by atoms with Crippen molar-refractivity contribution in [1.29, 1.82) is 0 Å². The normalized spacial score (nSPS) is 6.58. The summed E-state index contributed by atoms with van der Waals surface area (Å²) in [4.78, 5) is 7.38. The molecule has 0 amide bonds. The molecule has 0 spiro atoms. The van der Waals surface area contributed by atoms with E-state index in [1.165, 1.54) is 0 Å². The summed E-state index contributed by atoms with van der Waals surface area (Å²) in [5.74, 6) is 0.694. The number of rotatable bonds is 1. The van der Waals surface area contributed by atoms with Gasteiger partial charge in [-0.25, -0.2) is 0 Å². The fourth-order valence-electron chi connectivity index (χ4n) is 0.385. The zero-order valence-electron chi connectivity index (χ0n) is 7.82. The maximum absolute atomic E-state index is 3.81. The Morgan fingerprint density at radius 2 is 2.08 bits per heavy atom. The third kappa shape index (κ3) is 9.51. The van der Waals surface area contributed by atoms with Crippen molar-refractivity contribution >= 4 is 16.9 Å². The van der Waals surface area contributed by atoms with Crippen LogP contribution in [0.2, 0.25) is 0 Å². The van der Waals surface area contributed by atoms with Crippen LogP contribution in [0.25, 0.3) is 0 Å². The zero-order valence-corrected chi connectivity index (χ0v) is 10.8. The molecule has 1 heterocycles. The number of hydrogen-bond donors (Lipinski definition) is 0. The first-order chi connectivity index (χ1) is 5.85. The molecule has 0 aromatic carbocycles. The second-order valence-electron chi connectivity index (χ2n) is 1.39. The number of aliphatic imine (C=N–C) groups is 1. The minimum atomic E-state index is 0.694. The number of hydrogen-bond acceptors (Lipinski definition) is 1. The van der Waals surface area contributed by atoms with Crippen molar-refractivity contribution in [3.05, 3.63) is 18.3 Å². The van der Waals surface area contributed by atoms with Crippen LogP contribution in [0.4, 0.5) is 5.82 Å². The summed E-state index contributed by atoms with van der Waals surface area (Å²) in [6, 6.07) is 3.62. The van der Waals surface area contributed by atoms with Crippen molar-refractivity contribution in [2.45, 2.75) is 20.8 Å². The molecule has 1 aromatic heterocycles. The van der Waals surface area contributed by atoms with Gasteiger partial charge in [-0.3, -0.25) is 0 Å². The van der Waals surface area contributed by atoms with Gasteiger partial charge in [0, 0.05) is 0 Å². The van der Waals surface area contributed by atoms with Crippen molar-refractivity contribution in [3.8, 4) is 0 Å². The van der Waals surface area contributed by atoms with Crippen LogP contribution < -0.4 is 4.98 Å². The minimum absolute atomic E-state index is 0.694. The van der Waals surface area contributed by atoms with Gasteiger partial charge in [-0.15, -0.1) is 6.72 Å². The molecule has 12 heavy (non-hydrogen) atoms. The topological polar surface area (TPSA) is 26.5 Å². The van der Waals surface area contributed by atoms with Crippen LogP contribution in [0.15, 0.2) is 23.3 Å². The van der Waals surface area contributed by atoms with Crippen LogP contribution in [0, 0.1) is 0 Å². The van der Waals surface area contributed by atoms with E-state index in [1.54, 1.807) is 31.6 Å². The van der Waals surface area contributed by atoms with Crippen molar-refractivity contribution in [2.24, 2.45) is 4.99 Å². The van der Waals surface area contributed by atoms with Gasteiger partial charge in [0.1, 0.15) is 0 Å². The van der Waals surface area contributed by atoms with Gasteiger partial charge in [-0.2, -0.15) is 0 Å². The molecule has 2 nitrogen and oxygen atoms in total. The Balaban J connectivity index is 0. The van der Waals surface area contributed by atoms with E-state index in [-0.39, 0.29) is 0 Å². The predicted octanol–water partition coefficient (Wildman–Crippen LogP) is 2.36. The fraction of sp³-hybridized carbons (Fsp3) is 0.333. The Labute approximate surface area is 85.5 Å². The van der Waals surface area contributed by atoms with E-state index >= 15 is 0 Å². The fourth-order valence-corrected chi connectivity index (χ4v) is 0.385. The first-order valence-electron chi connectivity index (χ1n) is 3.79. The van der Waals surface area contributed by atoms with Crippen molar-refractivity contribution in [3.63, 3.8) is 0 Å². The molecule has 0 atom stereocenters. The molecule has 0 radical (unpaired) electrons. The molecule has 0 bridgehead atoms. The standard InChI is InChI=1S/C5H5N2.C2H6.C2H4.W/c1-6-5-3-2-4-7-5;2*1-2;/h2-4H,1H2;1-2H3;1H,2H3;/q-1;;;. The SMILES string of the molecule is C=Nc1ccc[n-]1.CC.C[CH]=[W]. The van der Waals surface area contributed by atoms with E-state index in [2.05, 4.69) is 21.1 Å². The maximum atomic E-state index is 3.81. The van der Waals surface area contributed by atoms with Gasteiger partial charge >= 0.3 is 30.7 Å². The van der Waals surface area contributed by atoms with Gasteiger partial charge in [0.05, 0.1) is 0 Å². The Morgan fingerprint density at radius 1 is 1.58 bits per heavy atom. The average Bonchev–Trinajstić information content (AvgIpc) is 2.61. The number of nitrogens with zero attached hydrogens (tertiary/aromatic N) is 2. The molecule has 0 N–H and O–H groups in total. The van der Waals surface area contributed by atoms with E-state index in [0.29, 0.717) is 5.82 Å². The van der Waals surface area contributed by atoms with Crippen LogP contribution in [0.3, 0.4) is 0 Å². The van der Waals surface area contributed by atoms with Crippen LogP contribution >= 0.6 is 0 Å². The van der Waals surface area contributed by atoms with Crippen molar-refractivity contribution in [1.82, 2.24) is 4.98 Å². The van der Waals surface area contributed by atoms with Crippen LogP contribution in [-0.4, -0.2) is 11.1 Å². The third-order valence-electron chi connectivity index (χ3n) is 0.700. The van der Waals surface area contributed by atoms with E-state index in [0.717, 1.165) is 0 Å². The summed E-state index contributed by atoms with van der Waals surface area (Å²) in [7, 11) is 0. The summed E-state index contributed by atoms with van der Waals surface area (Å²) in [5.41, 5.74) is 0. The molecule has 1 rings (SSSR count). The van der Waals surface area contributed by atoms with E-state index in [4.69, 9.17) is 0 Å². The molecule has 0 aliphatic carbocycles. The van der Waals surface area contributed by atoms with Gasteiger partial charge in [-0.1, -0.05) is 38.0 Å². The molecule has 0 aliphatic rings. The first kappa shape index (κ1) is 14.1. The van der Waals surface area contributed by atoms with Gasteiger partial charge in [0.25, 0.3) is 0 Å². The summed E-state index contributed by atoms with van der Waals surface area (Å²) < 4.78 is 2.08. The molecular formula is C9H15N2W-. The second kappa shape index (κ2) is 13.1. The van der Waals surface area contributed by atoms with Gasteiger partial charge in [0.2, 0.25) is 0 Å². The average molecular weight is 335 g/mol. The van der Waals surface area contributed by atoms with Crippen molar-refractivity contribution < 1.29 is 19.4 Å². The second-order valence-corrected chi connectivity index (χ2v) is 3.08. The third-order valence-corrected chi connectivity index (χ3v) is 0.700. The van der Waals surface area contributed by atoms with E-state index in [1.807, 2.05) is 26.8 Å². The Kier molecular flexibility index (Phi) is 15.4. The Hall–Kier alpha value is -0.492. The summed E-state index contributed by atoms with van der Waals surface area (Å²) in [5, 5.41) is 0. The number of aromatic nitrogens is 1. The molecular weight excluding hydrogens is 320 g/mol. The molecule has 0 unspecified atom stereocenters. The molecule has 0 saturated heterocycles. The Morgan fingerprint density at radius 3 is 2.25 bits per heavy atom. The molecule has 0 aliphatic heterocycles. The first-order valence-corrected chi connectivity index (χ1v) is 5.48. The van der Waals surface area contributed by atoms with Crippen LogP contribution in [0.5, 0.6) is 0 Å². The van der Waals surface area contributed by atoms with Crippen LogP contribution in [0.1, 0.15) is 20.8 Å². The van der Waals surface area contributed by atoms with Crippen LogP contribution in [-0.2, 0) is 19.4 Å². The molecule has 0 fully saturated rings. The van der Waals surface area contributed by atoms with Crippen molar-refractivity contribution in [2.75, 3.05) is 0 Å². The van der Waals surface area contributed by atoms with Gasteiger partial charge < -0.3 is 9.98 Å². The van der Waals surface area contributed by atoms with E-state index < -0.39 is 0 Å². The molecule has 3 heteroatoms. The summed E-state index contributed by atoms with van der Waals surface area (Å²) in [6.45, 7) is 9.33. The molecule has 0 saturated carbocycles. The van der Waals surface area contributed by atoms with Gasteiger partial charge in [0.15, 0.2) is 0 Å². The zero-order chi connectivity index (χ0) is 9.82. The quantitative estimate of drug-likeness (QED) is 0.724. The Bertz CT molecular complexity index is 180. The van der Waals surface area contributed by atoms with Gasteiger partial charge in [-0.05, 0) is 0 Å². The summed E-state index contributed by atoms with van der Waals surface area (Å²) >= 11 is 1.55. The monoisotopic (exact) mass is 335 g/mol. The molecule has 1 aromatic rings. The summed E-state index contributed by atoms with van der Waals surface area (Å²) in [6.07, 6.45) is 1.68. The van der Waals surface area contributed by atoms with E-state index in [9.17, 15) is 0 Å².